The zero-order chi connectivity index (χ0) is 13.1. The lowest BCUT2D eigenvalue weighted by molar-refractivity contribution is -0.115. The van der Waals surface area contributed by atoms with Crippen LogP contribution in [-0.2, 0) is 11.2 Å². The zero-order valence-corrected chi connectivity index (χ0v) is 11.4. The van der Waals surface area contributed by atoms with Crippen molar-refractivity contribution in [2.75, 3.05) is 0 Å². The highest BCUT2D eigenvalue weighted by Crippen LogP contribution is 2.40. The fourth-order valence-corrected chi connectivity index (χ4v) is 3.01. The van der Waals surface area contributed by atoms with E-state index in [9.17, 15) is 4.79 Å². The molecule has 1 saturated carbocycles. The molecule has 1 aromatic rings. The van der Waals surface area contributed by atoms with Crippen molar-refractivity contribution in [1.29, 1.82) is 0 Å². The van der Waals surface area contributed by atoms with Gasteiger partial charge in [-0.1, -0.05) is 50.8 Å². The SMILES string of the molecule is C=C1C(=O)C[C@@H](C(C)C)[C@@H]1CCc1ccccc1. The quantitative estimate of drug-likeness (QED) is 0.728. The third-order valence-electron chi connectivity index (χ3n) is 4.19. The third-order valence-corrected chi connectivity index (χ3v) is 4.19. The molecule has 0 spiro atoms. The van der Waals surface area contributed by atoms with Crippen LogP contribution in [0.1, 0.15) is 32.3 Å². The predicted molar refractivity (Wildman–Crippen MR) is 75.3 cm³/mol. The van der Waals surface area contributed by atoms with Gasteiger partial charge in [0.2, 0.25) is 0 Å². The summed E-state index contributed by atoms with van der Waals surface area (Å²) in [5.41, 5.74) is 2.22. The van der Waals surface area contributed by atoms with Gasteiger partial charge in [0.05, 0.1) is 0 Å². The highest BCUT2D eigenvalue weighted by Gasteiger charge is 2.37. The predicted octanol–water partition coefficient (Wildman–Crippen LogP) is 4.04. The highest BCUT2D eigenvalue weighted by molar-refractivity contribution is 5.97. The molecule has 2 rings (SSSR count). The van der Waals surface area contributed by atoms with Crippen LogP contribution < -0.4 is 0 Å². The molecular weight excluding hydrogens is 220 g/mol. The van der Waals surface area contributed by atoms with Crippen molar-refractivity contribution >= 4 is 5.78 Å². The molecule has 0 bridgehead atoms. The largest absolute Gasteiger partial charge is 0.295 e. The zero-order valence-electron chi connectivity index (χ0n) is 11.4. The monoisotopic (exact) mass is 242 g/mol. The van der Waals surface area contributed by atoms with Gasteiger partial charge >= 0.3 is 0 Å². The second kappa shape index (κ2) is 5.51. The van der Waals surface area contributed by atoms with E-state index < -0.39 is 0 Å². The van der Waals surface area contributed by atoms with Crippen LogP contribution in [0, 0.1) is 17.8 Å². The van der Waals surface area contributed by atoms with Crippen LogP contribution in [0.15, 0.2) is 42.5 Å². The first-order valence-electron chi connectivity index (χ1n) is 6.85. The van der Waals surface area contributed by atoms with Crippen molar-refractivity contribution in [1.82, 2.24) is 0 Å². The maximum atomic E-state index is 11.8. The first-order valence-corrected chi connectivity index (χ1v) is 6.85. The van der Waals surface area contributed by atoms with Gasteiger partial charge in [-0.25, -0.2) is 0 Å². The van der Waals surface area contributed by atoms with Gasteiger partial charge in [0.1, 0.15) is 0 Å². The van der Waals surface area contributed by atoms with Crippen molar-refractivity contribution in [3.8, 4) is 0 Å². The van der Waals surface area contributed by atoms with E-state index in [0.29, 0.717) is 24.2 Å². The molecule has 1 fully saturated rings. The Hall–Kier alpha value is -1.37. The van der Waals surface area contributed by atoms with E-state index in [1.807, 2.05) is 6.07 Å². The number of Topliss-reactive ketones (excluding diaryl/α,β-unsaturated/α-hetero) is 1. The van der Waals surface area contributed by atoms with Crippen LogP contribution in [0.25, 0.3) is 0 Å². The average Bonchev–Trinajstić information content (AvgIpc) is 2.65. The number of hydrogen-bond acceptors (Lipinski definition) is 1. The van der Waals surface area contributed by atoms with Crippen LogP contribution in [0.3, 0.4) is 0 Å². The molecule has 0 aromatic heterocycles. The smallest absolute Gasteiger partial charge is 0.158 e. The maximum Gasteiger partial charge on any atom is 0.158 e. The lowest BCUT2D eigenvalue weighted by Gasteiger charge is -2.22. The molecule has 1 aliphatic carbocycles. The molecule has 1 aromatic carbocycles. The summed E-state index contributed by atoms with van der Waals surface area (Å²) in [7, 11) is 0. The van der Waals surface area contributed by atoms with E-state index in [1.165, 1.54) is 5.56 Å². The average molecular weight is 242 g/mol. The maximum absolute atomic E-state index is 11.8. The standard InChI is InChI=1S/C17H22O/c1-12(2)16-11-17(18)13(3)15(16)10-9-14-7-5-4-6-8-14/h4-8,12,15-16H,3,9-11H2,1-2H3/t15-,16+/m1/s1. The molecule has 0 amide bonds. The topological polar surface area (TPSA) is 17.1 Å². The molecule has 18 heavy (non-hydrogen) atoms. The summed E-state index contributed by atoms with van der Waals surface area (Å²) >= 11 is 0. The molecule has 96 valence electrons. The Kier molecular flexibility index (Phi) is 4.00. The Morgan fingerprint density at radius 1 is 1.28 bits per heavy atom. The number of benzene rings is 1. The number of ketones is 1. The van der Waals surface area contributed by atoms with Gasteiger partial charge in [0.15, 0.2) is 5.78 Å². The number of carbonyl (C=O) groups is 1. The van der Waals surface area contributed by atoms with Gasteiger partial charge < -0.3 is 0 Å². The Morgan fingerprint density at radius 2 is 1.94 bits per heavy atom. The summed E-state index contributed by atoms with van der Waals surface area (Å²) in [6.45, 7) is 8.44. The van der Waals surface area contributed by atoms with Crippen LogP contribution >= 0.6 is 0 Å². The molecule has 1 heteroatoms. The van der Waals surface area contributed by atoms with Gasteiger partial charge in [-0.3, -0.25) is 4.79 Å². The minimum absolute atomic E-state index is 0.284. The van der Waals surface area contributed by atoms with Crippen molar-refractivity contribution in [2.24, 2.45) is 17.8 Å². The fourth-order valence-electron chi connectivity index (χ4n) is 3.01. The van der Waals surface area contributed by atoms with Crippen molar-refractivity contribution in [3.63, 3.8) is 0 Å². The van der Waals surface area contributed by atoms with Crippen molar-refractivity contribution in [2.45, 2.75) is 33.1 Å². The Bertz CT molecular complexity index is 430. The van der Waals surface area contributed by atoms with E-state index in [0.717, 1.165) is 18.4 Å². The minimum atomic E-state index is 0.284. The fraction of sp³-hybridized carbons (Fsp3) is 0.471. The number of carbonyl (C=O) groups excluding carboxylic acids is 1. The van der Waals surface area contributed by atoms with Gasteiger partial charge in [-0.05, 0) is 41.7 Å². The molecule has 0 unspecified atom stereocenters. The second-order valence-electron chi connectivity index (χ2n) is 5.69. The third kappa shape index (κ3) is 2.72. The molecule has 0 aliphatic heterocycles. The molecule has 0 heterocycles. The highest BCUT2D eigenvalue weighted by atomic mass is 16.1. The minimum Gasteiger partial charge on any atom is -0.295 e. The number of rotatable bonds is 4. The van der Waals surface area contributed by atoms with Crippen LogP contribution in [0.4, 0.5) is 0 Å². The molecule has 0 N–H and O–H groups in total. The number of hydrogen-bond donors (Lipinski definition) is 0. The van der Waals surface area contributed by atoms with E-state index in [4.69, 9.17) is 0 Å². The van der Waals surface area contributed by atoms with Crippen molar-refractivity contribution < 1.29 is 4.79 Å². The van der Waals surface area contributed by atoms with E-state index in [2.05, 4.69) is 44.7 Å². The van der Waals surface area contributed by atoms with Gasteiger partial charge in [0, 0.05) is 6.42 Å². The molecule has 1 nitrogen and oxygen atoms in total. The Morgan fingerprint density at radius 3 is 2.56 bits per heavy atom. The normalized spacial score (nSPS) is 23.9. The summed E-state index contributed by atoms with van der Waals surface area (Å²) in [6.07, 6.45) is 2.80. The first-order chi connectivity index (χ1) is 8.59. The number of aryl methyl sites for hydroxylation is 1. The van der Waals surface area contributed by atoms with Crippen LogP contribution in [0.5, 0.6) is 0 Å². The summed E-state index contributed by atoms with van der Waals surface area (Å²) in [5, 5.41) is 0. The van der Waals surface area contributed by atoms with E-state index in [1.54, 1.807) is 0 Å². The molecule has 0 radical (unpaired) electrons. The molecular formula is C17H22O. The summed E-state index contributed by atoms with van der Waals surface area (Å²) in [6, 6.07) is 10.5. The van der Waals surface area contributed by atoms with Crippen LogP contribution in [0.2, 0.25) is 0 Å². The lowest BCUT2D eigenvalue weighted by Crippen LogP contribution is -2.15. The number of allylic oxidation sites excluding steroid dienone is 1. The Balaban J connectivity index is 2.02. The first kappa shape index (κ1) is 13.1. The van der Waals surface area contributed by atoms with Gasteiger partial charge in [-0.15, -0.1) is 0 Å². The summed E-state index contributed by atoms with van der Waals surface area (Å²) < 4.78 is 0. The van der Waals surface area contributed by atoms with Gasteiger partial charge in [-0.2, -0.15) is 0 Å². The molecule has 2 atom stereocenters. The summed E-state index contributed by atoms with van der Waals surface area (Å²) in [5.74, 6) is 1.73. The van der Waals surface area contributed by atoms with Crippen LogP contribution in [-0.4, -0.2) is 5.78 Å². The summed E-state index contributed by atoms with van der Waals surface area (Å²) in [4.78, 5) is 11.8. The Labute approximate surface area is 110 Å². The molecule has 1 aliphatic rings. The van der Waals surface area contributed by atoms with E-state index >= 15 is 0 Å². The lowest BCUT2D eigenvalue weighted by atomic mass is 9.81. The van der Waals surface area contributed by atoms with Crippen molar-refractivity contribution in [3.05, 3.63) is 48.0 Å². The van der Waals surface area contributed by atoms with Gasteiger partial charge in [0.25, 0.3) is 0 Å². The molecule has 0 saturated heterocycles. The van der Waals surface area contributed by atoms with E-state index in [-0.39, 0.29) is 5.78 Å². The second-order valence-corrected chi connectivity index (χ2v) is 5.69.